The maximum atomic E-state index is 5.75. The van der Waals surface area contributed by atoms with E-state index in [1.165, 1.54) is 0 Å². The molecule has 0 unspecified atom stereocenters. The highest BCUT2D eigenvalue weighted by Crippen LogP contribution is 2.25. The summed E-state index contributed by atoms with van der Waals surface area (Å²) in [5.41, 5.74) is 1.10. The van der Waals surface area contributed by atoms with E-state index in [9.17, 15) is 0 Å². The molecule has 0 N–H and O–H groups in total. The zero-order valence-electron chi connectivity index (χ0n) is 12.0. The molecule has 1 aromatic rings. The molecule has 0 heterocycles. The second-order valence-corrected chi connectivity index (χ2v) is 4.89. The average Bonchev–Trinajstić information content (AvgIpc) is 2.38. The SMILES string of the molecule is C=CCOc1ccc(OCCC(C)C)cc1CC=C. The van der Waals surface area contributed by atoms with Crippen LogP contribution in [0.25, 0.3) is 0 Å². The van der Waals surface area contributed by atoms with Crippen molar-refractivity contribution in [1.82, 2.24) is 0 Å². The van der Waals surface area contributed by atoms with Crippen molar-refractivity contribution in [2.75, 3.05) is 13.2 Å². The fraction of sp³-hybridized carbons (Fsp3) is 0.412. The van der Waals surface area contributed by atoms with E-state index in [0.717, 1.165) is 36.5 Å². The van der Waals surface area contributed by atoms with Gasteiger partial charge in [0.2, 0.25) is 0 Å². The average molecular weight is 260 g/mol. The standard InChI is InChI=1S/C17H24O2/c1-5-7-15-13-16(18-12-10-14(3)4)8-9-17(15)19-11-6-2/h5-6,8-9,13-14H,1-2,7,10-12H2,3-4H3. The lowest BCUT2D eigenvalue weighted by Crippen LogP contribution is -2.02. The molecule has 1 aromatic carbocycles. The molecular weight excluding hydrogens is 236 g/mol. The Morgan fingerprint density at radius 2 is 1.95 bits per heavy atom. The van der Waals surface area contributed by atoms with Crippen molar-refractivity contribution >= 4 is 0 Å². The first-order valence-corrected chi connectivity index (χ1v) is 6.77. The van der Waals surface area contributed by atoms with E-state index < -0.39 is 0 Å². The first-order valence-electron chi connectivity index (χ1n) is 6.77. The van der Waals surface area contributed by atoms with Crippen LogP contribution in [0.5, 0.6) is 11.5 Å². The Hall–Kier alpha value is -1.70. The van der Waals surface area contributed by atoms with Gasteiger partial charge in [0.15, 0.2) is 0 Å². The molecule has 0 aliphatic carbocycles. The lowest BCUT2D eigenvalue weighted by Gasteiger charge is -2.12. The minimum absolute atomic E-state index is 0.512. The quantitative estimate of drug-likeness (QED) is 0.612. The number of allylic oxidation sites excluding steroid dienone is 1. The number of benzene rings is 1. The Bertz CT molecular complexity index is 408. The summed E-state index contributed by atoms with van der Waals surface area (Å²) in [4.78, 5) is 0. The van der Waals surface area contributed by atoms with Gasteiger partial charge in [-0.15, -0.1) is 6.58 Å². The Labute approximate surface area is 116 Å². The molecule has 19 heavy (non-hydrogen) atoms. The first kappa shape index (κ1) is 15.4. The molecule has 0 saturated carbocycles. The summed E-state index contributed by atoms with van der Waals surface area (Å²) in [5, 5.41) is 0. The van der Waals surface area contributed by atoms with Gasteiger partial charge in [-0.05, 0) is 37.0 Å². The molecule has 0 atom stereocenters. The maximum absolute atomic E-state index is 5.75. The van der Waals surface area contributed by atoms with Crippen LogP contribution in [-0.2, 0) is 6.42 Å². The molecule has 0 aromatic heterocycles. The third-order valence-corrected chi connectivity index (χ3v) is 2.72. The molecule has 1 rings (SSSR count). The van der Waals surface area contributed by atoms with Crippen LogP contribution >= 0.6 is 0 Å². The van der Waals surface area contributed by atoms with Crippen molar-refractivity contribution in [3.8, 4) is 11.5 Å². The maximum Gasteiger partial charge on any atom is 0.123 e. The van der Waals surface area contributed by atoms with Gasteiger partial charge in [0.25, 0.3) is 0 Å². The molecular formula is C17H24O2. The van der Waals surface area contributed by atoms with Crippen LogP contribution in [-0.4, -0.2) is 13.2 Å². The van der Waals surface area contributed by atoms with Crippen LogP contribution in [0.4, 0.5) is 0 Å². The van der Waals surface area contributed by atoms with Crippen LogP contribution in [0.15, 0.2) is 43.5 Å². The molecule has 0 radical (unpaired) electrons. The van der Waals surface area contributed by atoms with Crippen molar-refractivity contribution in [3.63, 3.8) is 0 Å². The van der Waals surface area contributed by atoms with E-state index in [4.69, 9.17) is 9.47 Å². The van der Waals surface area contributed by atoms with E-state index >= 15 is 0 Å². The number of ether oxygens (including phenoxy) is 2. The van der Waals surface area contributed by atoms with Gasteiger partial charge in [-0.1, -0.05) is 32.6 Å². The second-order valence-electron chi connectivity index (χ2n) is 4.89. The molecule has 2 nitrogen and oxygen atoms in total. The number of hydrogen-bond donors (Lipinski definition) is 0. The van der Waals surface area contributed by atoms with Crippen molar-refractivity contribution in [2.45, 2.75) is 26.7 Å². The van der Waals surface area contributed by atoms with Crippen LogP contribution in [0, 0.1) is 5.92 Å². The molecule has 0 aliphatic rings. The van der Waals surface area contributed by atoms with Crippen molar-refractivity contribution < 1.29 is 9.47 Å². The van der Waals surface area contributed by atoms with E-state index in [0.29, 0.717) is 12.5 Å². The Morgan fingerprint density at radius 3 is 2.58 bits per heavy atom. The molecule has 2 heteroatoms. The van der Waals surface area contributed by atoms with Gasteiger partial charge in [0, 0.05) is 5.56 Å². The van der Waals surface area contributed by atoms with Gasteiger partial charge in [-0.2, -0.15) is 0 Å². The fourth-order valence-corrected chi connectivity index (χ4v) is 1.66. The summed E-state index contributed by atoms with van der Waals surface area (Å²) in [6, 6.07) is 5.93. The largest absolute Gasteiger partial charge is 0.494 e. The molecule has 0 saturated heterocycles. The van der Waals surface area contributed by atoms with Gasteiger partial charge in [0.05, 0.1) is 6.61 Å². The summed E-state index contributed by atoms with van der Waals surface area (Å²) in [5.74, 6) is 2.42. The summed E-state index contributed by atoms with van der Waals surface area (Å²) >= 11 is 0. The summed E-state index contributed by atoms with van der Waals surface area (Å²) in [6.45, 7) is 13.1. The monoisotopic (exact) mass is 260 g/mol. The van der Waals surface area contributed by atoms with Crippen LogP contribution in [0.2, 0.25) is 0 Å². The highest BCUT2D eigenvalue weighted by atomic mass is 16.5. The zero-order chi connectivity index (χ0) is 14.1. The van der Waals surface area contributed by atoms with E-state index in [-0.39, 0.29) is 0 Å². The smallest absolute Gasteiger partial charge is 0.123 e. The first-order chi connectivity index (χ1) is 9.17. The van der Waals surface area contributed by atoms with Crippen LogP contribution < -0.4 is 9.47 Å². The highest BCUT2D eigenvalue weighted by Gasteiger charge is 2.05. The third kappa shape index (κ3) is 5.64. The lowest BCUT2D eigenvalue weighted by molar-refractivity contribution is 0.288. The topological polar surface area (TPSA) is 18.5 Å². The second kappa shape index (κ2) is 8.41. The molecule has 0 spiro atoms. The zero-order valence-corrected chi connectivity index (χ0v) is 12.0. The van der Waals surface area contributed by atoms with Crippen molar-refractivity contribution in [3.05, 3.63) is 49.1 Å². The molecule has 104 valence electrons. The minimum Gasteiger partial charge on any atom is -0.494 e. The third-order valence-electron chi connectivity index (χ3n) is 2.72. The van der Waals surface area contributed by atoms with E-state index in [1.54, 1.807) is 6.08 Å². The van der Waals surface area contributed by atoms with Gasteiger partial charge in [0.1, 0.15) is 18.1 Å². The molecule has 0 aliphatic heterocycles. The Balaban J connectivity index is 2.70. The van der Waals surface area contributed by atoms with Crippen LogP contribution in [0.1, 0.15) is 25.8 Å². The minimum atomic E-state index is 0.512. The lowest BCUT2D eigenvalue weighted by atomic mass is 10.1. The number of hydrogen-bond acceptors (Lipinski definition) is 2. The van der Waals surface area contributed by atoms with Gasteiger partial charge >= 0.3 is 0 Å². The summed E-state index contributed by atoms with van der Waals surface area (Å²) < 4.78 is 11.4. The van der Waals surface area contributed by atoms with Crippen molar-refractivity contribution in [2.24, 2.45) is 5.92 Å². The summed E-state index contributed by atoms with van der Waals surface area (Å²) in [7, 11) is 0. The Kier molecular flexibility index (Phi) is 6.80. The predicted molar refractivity (Wildman–Crippen MR) is 81.0 cm³/mol. The summed E-state index contributed by atoms with van der Waals surface area (Å²) in [6.07, 6.45) is 5.44. The number of rotatable bonds is 9. The fourth-order valence-electron chi connectivity index (χ4n) is 1.66. The van der Waals surface area contributed by atoms with E-state index in [1.807, 2.05) is 24.3 Å². The normalized spacial score (nSPS) is 10.3. The molecule has 0 bridgehead atoms. The van der Waals surface area contributed by atoms with Gasteiger partial charge < -0.3 is 9.47 Å². The predicted octanol–water partition coefficient (Wildman–Crippen LogP) is 4.40. The van der Waals surface area contributed by atoms with Crippen molar-refractivity contribution in [1.29, 1.82) is 0 Å². The molecule has 0 amide bonds. The van der Waals surface area contributed by atoms with Gasteiger partial charge in [-0.25, -0.2) is 0 Å². The highest BCUT2D eigenvalue weighted by molar-refractivity contribution is 5.41. The van der Waals surface area contributed by atoms with Crippen LogP contribution in [0.3, 0.4) is 0 Å². The van der Waals surface area contributed by atoms with E-state index in [2.05, 4.69) is 27.0 Å². The van der Waals surface area contributed by atoms with Gasteiger partial charge in [-0.3, -0.25) is 0 Å². The molecule has 0 fully saturated rings. The Morgan fingerprint density at radius 1 is 1.16 bits per heavy atom.